The first-order valence-corrected chi connectivity index (χ1v) is 9.43. The van der Waals surface area contributed by atoms with Crippen LogP contribution in [0, 0.1) is 0 Å². The van der Waals surface area contributed by atoms with Crippen LogP contribution in [0.5, 0.6) is 11.5 Å². The van der Waals surface area contributed by atoms with Crippen LogP contribution in [0.3, 0.4) is 0 Å². The average molecular weight is 382 g/mol. The predicted molar refractivity (Wildman–Crippen MR) is 108 cm³/mol. The van der Waals surface area contributed by atoms with Gasteiger partial charge in [0, 0.05) is 18.0 Å². The Labute approximate surface area is 163 Å². The lowest BCUT2D eigenvalue weighted by molar-refractivity contribution is 0.0737. The maximum Gasteiger partial charge on any atom is 0.273 e. The maximum absolute atomic E-state index is 12.9. The summed E-state index contributed by atoms with van der Waals surface area (Å²) in [5.41, 5.74) is 2.41. The van der Waals surface area contributed by atoms with E-state index in [4.69, 9.17) is 9.47 Å². The smallest absolute Gasteiger partial charge is 0.273 e. The zero-order valence-electron chi connectivity index (χ0n) is 15.8. The Morgan fingerprint density at radius 1 is 1.07 bits per heavy atom. The molecule has 27 heavy (non-hydrogen) atoms. The van der Waals surface area contributed by atoms with Gasteiger partial charge in [-0.15, -0.1) is 11.3 Å². The summed E-state index contributed by atoms with van der Waals surface area (Å²) in [5.74, 6) is 1.19. The molecule has 2 aromatic carbocycles. The Hall–Kier alpha value is -2.86. The minimum atomic E-state index is -0.102. The summed E-state index contributed by atoms with van der Waals surface area (Å²) >= 11 is 1.43. The summed E-state index contributed by atoms with van der Waals surface area (Å²) in [5, 5.41) is 2.56. The largest absolute Gasteiger partial charge is 0.493 e. The molecule has 0 fully saturated rings. The molecule has 1 heterocycles. The number of aromatic nitrogens is 1. The SMILES string of the molecule is COc1ccc(-c2nc(C(=O)N(C)C(C)c3ccccc3)cs2)cc1OC. The summed E-state index contributed by atoms with van der Waals surface area (Å²) in [4.78, 5) is 19.1. The van der Waals surface area contributed by atoms with E-state index in [-0.39, 0.29) is 11.9 Å². The second-order valence-corrected chi connectivity index (χ2v) is 6.97. The van der Waals surface area contributed by atoms with E-state index < -0.39 is 0 Å². The first kappa shape index (κ1) is 18.9. The molecule has 0 spiro atoms. The number of rotatable bonds is 6. The third kappa shape index (κ3) is 3.95. The van der Waals surface area contributed by atoms with Crippen molar-refractivity contribution in [2.75, 3.05) is 21.3 Å². The van der Waals surface area contributed by atoms with Gasteiger partial charge in [0.25, 0.3) is 5.91 Å². The minimum absolute atomic E-state index is 0.0371. The highest BCUT2D eigenvalue weighted by molar-refractivity contribution is 7.13. The molecule has 0 radical (unpaired) electrons. The van der Waals surface area contributed by atoms with Crippen LogP contribution in [-0.4, -0.2) is 37.1 Å². The molecule has 3 rings (SSSR count). The Balaban J connectivity index is 1.82. The molecule has 0 aliphatic rings. The summed E-state index contributed by atoms with van der Waals surface area (Å²) in [6.07, 6.45) is 0. The van der Waals surface area contributed by atoms with E-state index in [1.165, 1.54) is 11.3 Å². The molecule has 0 saturated heterocycles. The molecule has 5 nitrogen and oxygen atoms in total. The van der Waals surface area contributed by atoms with Crippen molar-refractivity contribution in [1.82, 2.24) is 9.88 Å². The Kier molecular flexibility index (Phi) is 5.76. The van der Waals surface area contributed by atoms with Gasteiger partial charge < -0.3 is 14.4 Å². The van der Waals surface area contributed by atoms with Crippen LogP contribution in [0.1, 0.15) is 29.0 Å². The van der Waals surface area contributed by atoms with Crippen molar-refractivity contribution in [2.24, 2.45) is 0 Å². The molecule has 140 valence electrons. The quantitative estimate of drug-likeness (QED) is 0.622. The highest BCUT2D eigenvalue weighted by atomic mass is 32.1. The van der Waals surface area contributed by atoms with Gasteiger partial charge in [0.1, 0.15) is 10.7 Å². The number of nitrogens with zero attached hydrogens (tertiary/aromatic N) is 2. The Bertz CT molecular complexity index is 924. The molecule has 0 saturated carbocycles. The second kappa shape index (κ2) is 8.22. The predicted octanol–water partition coefficient (Wildman–Crippen LogP) is 4.66. The lowest BCUT2D eigenvalue weighted by atomic mass is 10.1. The fourth-order valence-electron chi connectivity index (χ4n) is 2.79. The van der Waals surface area contributed by atoms with Gasteiger partial charge >= 0.3 is 0 Å². The zero-order valence-corrected chi connectivity index (χ0v) is 16.6. The molecular weight excluding hydrogens is 360 g/mol. The van der Waals surface area contributed by atoms with Gasteiger partial charge in [0.15, 0.2) is 11.5 Å². The number of methoxy groups -OCH3 is 2. The molecule has 0 bridgehead atoms. The number of ether oxygens (including phenoxy) is 2. The van der Waals surface area contributed by atoms with Crippen LogP contribution in [-0.2, 0) is 0 Å². The van der Waals surface area contributed by atoms with Crippen molar-refractivity contribution in [2.45, 2.75) is 13.0 Å². The van der Waals surface area contributed by atoms with Gasteiger partial charge in [0.2, 0.25) is 0 Å². The first-order valence-electron chi connectivity index (χ1n) is 8.55. The standard InChI is InChI=1S/C21H22N2O3S/c1-14(15-8-6-5-7-9-15)23(2)21(24)17-13-27-20(22-17)16-10-11-18(25-3)19(12-16)26-4/h5-14H,1-4H3. The molecule has 6 heteroatoms. The van der Waals surface area contributed by atoms with Gasteiger partial charge in [-0.3, -0.25) is 4.79 Å². The fourth-order valence-corrected chi connectivity index (χ4v) is 3.58. The summed E-state index contributed by atoms with van der Waals surface area (Å²) in [6.45, 7) is 2.01. The van der Waals surface area contributed by atoms with E-state index in [1.54, 1.807) is 31.5 Å². The first-order chi connectivity index (χ1) is 13.0. The molecule has 0 aliphatic heterocycles. The van der Waals surface area contributed by atoms with Crippen LogP contribution < -0.4 is 9.47 Å². The molecule has 1 amide bonds. The Morgan fingerprint density at radius 3 is 2.44 bits per heavy atom. The third-order valence-corrected chi connectivity index (χ3v) is 5.43. The van der Waals surface area contributed by atoms with E-state index >= 15 is 0 Å². The summed E-state index contributed by atoms with van der Waals surface area (Å²) in [6, 6.07) is 15.5. The molecule has 1 unspecified atom stereocenters. The van der Waals surface area contributed by atoms with Gasteiger partial charge in [-0.2, -0.15) is 0 Å². The number of thiazole rings is 1. The topological polar surface area (TPSA) is 51.7 Å². The number of carbonyl (C=O) groups excluding carboxylic acids is 1. The highest BCUT2D eigenvalue weighted by Gasteiger charge is 2.21. The van der Waals surface area contributed by atoms with Crippen LogP contribution in [0.15, 0.2) is 53.9 Å². The molecule has 0 N–H and O–H groups in total. The van der Waals surface area contributed by atoms with Crippen molar-refractivity contribution in [3.05, 3.63) is 65.2 Å². The van der Waals surface area contributed by atoms with E-state index in [0.29, 0.717) is 17.2 Å². The summed E-state index contributed by atoms with van der Waals surface area (Å²) < 4.78 is 10.6. The van der Waals surface area contributed by atoms with Crippen molar-refractivity contribution < 1.29 is 14.3 Å². The monoisotopic (exact) mass is 382 g/mol. The third-order valence-electron chi connectivity index (χ3n) is 4.54. The van der Waals surface area contributed by atoms with Crippen molar-refractivity contribution in [1.29, 1.82) is 0 Å². The number of hydrogen-bond acceptors (Lipinski definition) is 5. The normalized spacial score (nSPS) is 11.7. The van der Waals surface area contributed by atoms with Gasteiger partial charge in [-0.05, 0) is 30.7 Å². The van der Waals surface area contributed by atoms with E-state index in [9.17, 15) is 4.79 Å². The zero-order chi connectivity index (χ0) is 19.4. The van der Waals surface area contributed by atoms with Crippen LogP contribution in [0.25, 0.3) is 10.6 Å². The second-order valence-electron chi connectivity index (χ2n) is 6.11. The van der Waals surface area contributed by atoms with Crippen molar-refractivity contribution in [3.63, 3.8) is 0 Å². The van der Waals surface area contributed by atoms with E-state index in [0.717, 1.165) is 16.1 Å². The number of carbonyl (C=O) groups is 1. The van der Waals surface area contributed by atoms with Crippen LogP contribution in [0.4, 0.5) is 0 Å². The van der Waals surface area contributed by atoms with Gasteiger partial charge in [-0.25, -0.2) is 4.98 Å². The number of amides is 1. The molecule has 1 aromatic heterocycles. The van der Waals surface area contributed by atoms with E-state index in [1.807, 2.05) is 55.5 Å². The lowest BCUT2D eigenvalue weighted by Gasteiger charge is -2.24. The molecule has 3 aromatic rings. The average Bonchev–Trinajstić information content (AvgIpc) is 3.22. The fraction of sp³-hybridized carbons (Fsp3) is 0.238. The maximum atomic E-state index is 12.9. The summed E-state index contributed by atoms with van der Waals surface area (Å²) in [7, 11) is 5.00. The minimum Gasteiger partial charge on any atom is -0.493 e. The van der Waals surface area contributed by atoms with Gasteiger partial charge in [0.05, 0.1) is 20.3 Å². The van der Waals surface area contributed by atoms with Crippen molar-refractivity contribution in [3.8, 4) is 22.1 Å². The number of hydrogen-bond donors (Lipinski definition) is 0. The lowest BCUT2D eigenvalue weighted by Crippen LogP contribution is -2.29. The van der Waals surface area contributed by atoms with Crippen LogP contribution in [0.2, 0.25) is 0 Å². The van der Waals surface area contributed by atoms with E-state index in [2.05, 4.69) is 4.98 Å². The van der Waals surface area contributed by atoms with Gasteiger partial charge in [-0.1, -0.05) is 30.3 Å². The van der Waals surface area contributed by atoms with Crippen molar-refractivity contribution >= 4 is 17.2 Å². The molecule has 0 aliphatic carbocycles. The highest BCUT2D eigenvalue weighted by Crippen LogP contribution is 2.34. The van der Waals surface area contributed by atoms with Crippen LogP contribution >= 0.6 is 11.3 Å². The number of benzene rings is 2. The molecule has 1 atom stereocenters. The Morgan fingerprint density at radius 2 is 1.78 bits per heavy atom. The molecular formula is C21H22N2O3S.